The Morgan fingerprint density at radius 2 is 2.17 bits per heavy atom. The van der Waals surface area contributed by atoms with Crippen molar-refractivity contribution in [2.45, 2.75) is 32.7 Å². The minimum absolute atomic E-state index is 0.0969. The first kappa shape index (κ1) is 12.7. The number of anilines is 2. The summed E-state index contributed by atoms with van der Waals surface area (Å²) in [6.07, 6.45) is 2.63. The van der Waals surface area contributed by atoms with Crippen LogP contribution in [0.1, 0.15) is 26.7 Å². The molecule has 1 aliphatic carbocycles. The summed E-state index contributed by atoms with van der Waals surface area (Å²) in [5.74, 6) is 1.38. The topological polar surface area (TPSA) is 50.4 Å². The van der Waals surface area contributed by atoms with Crippen LogP contribution in [0.3, 0.4) is 0 Å². The molecule has 4 heteroatoms. The van der Waals surface area contributed by atoms with E-state index in [4.69, 9.17) is 4.74 Å². The molecular weight excluding hydrogens is 228 g/mol. The van der Waals surface area contributed by atoms with E-state index in [1.807, 2.05) is 18.2 Å². The molecule has 0 spiro atoms. The van der Waals surface area contributed by atoms with E-state index in [2.05, 4.69) is 17.6 Å². The van der Waals surface area contributed by atoms with Crippen LogP contribution in [0.25, 0.3) is 0 Å². The fraction of sp³-hybridized carbons (Fsp3) is 0.500. The lowest BCUT2D eigenvalue weighted by Gasteiger charge is -2.16. The maximum Gasteiger partial charge on any atom is 0.221 e. The van der Waals surface area contributed by atoms with E-state index in [-0.39, 0.29) is 5.91 Å². The molecule has 1 saturated carbocycles. The summed E-state index contributed by atoms with van der Waals surface area (Å²) in [5, 5.41) is 6.21. The van der Waals surface area contributed by atoms with Gasteiger partial charge in [0.15, 0.2) is 0 Å². The number of amides is 1. The highest BCUT2D eigenvalue weighted by atomic mass is 16.5. The number of hydrogen-bond donors (Lipinski definition) is 2. The summed E-state index contributed by atoms with van der Waals surface area (Å²) in [6.45, 7) is 3.69. The number of carbonyl (C=O) groups excluding carboxylic acids is 1. The molecule has 1 fully saturated rings. The number of benzene rings is 1. The second-order valence-corrected chi connectivity index (χ2v) is 4.87. The van der Waals surface area contributed by atoms with Crippen LogP contribution >= 0.6 is 0 Å². The van der Waals surface area contributed by atoms with Crippen molar-refractivity contribution >= 4 is 17.3 Å². The highest BCUT2D eigenvalue weighted by molar-refractivity contribution is 5.90. The van der Waals surface area contributed by atoms with Gasteiger partial charge in [0.1, 0.15) is 5.75 Å². The minimum atomic E-state index is -0.0969. The van der Waals surface area contributed by atoms with Crippen molar-refractivity contribution in [1.29, 1.82) is 0 Å². The van der Waals surface area contributed by atoms with Crippen LogP contribution in [0.5, 0.6) is 5.75 Å². The predicted octanol–water partition coefficient (Wildman–Crippen LogP) is 2.86. The number of ether oxygens (including phenoxy) is 1. The molecule has 4 nitrogen and oxygen atoms in total. The quantitative estimate of drug-likeness (QED) is 0.842. The average molecular weight is 248 g/mol. The summed E-state index contributed by atoms with van der Waals surface area (Å²) in [7, 11) is 1.61. The molecule has 1 atom stereocenters. The minimum Gasteiger partial charge on any atom is -0.494 e. The maximum atomic E-state index is 11.1. The fourth-order valence-electron chi connectivity index (χ4n) is 2.05. The van der Waals surface area contributed by atoms with E-state index < -0.39 is 0 Å². The van der Waals surface area contributed by atoms with E-state index in [0.29, 0.717) is 17.5 Å². The van der Waals surface area contributed by atoms with E-state index in [1.54, 1.807) is 7.11 Å². The SMILES string of the molecule is COc1cc(NC(C)C2CC2)ccc1NC(C)=O. The largest absolute Gasteiger partial charge is 0.494 e. The summed E-state index contributed by atoms with van der Waals surface area (Å²) >= 11 is 0. The van der Waals surface area contributed by atoms with E-state index in [9.17, 15) is 4.79 Å². The number of rotatable bonds is 5. The first-order valence-electron chi connectivity index (χ1n) is 6.32. The molecule has 1 aromatic carbocycles. The molecule has 0 aliphatic heterocycles. The van der Waals surface area contributed by atoms with Gasteiger partial charge in [-0.1, -0.05) is 0 Å². The van der Waals surface area contributed by atoms with Crippen LogP contribution in [0.4, 0.5) is 11.4 Å². The smallest absolute Gasteiger partial charge is 0.221 e. The molecule has 0 saturated heterocycles. The molecule has 2 N–H and O–H groups in total. The second-order valence-electron chi connectivity index (χ2n) is 4.87. The molecule has 2 rings (SSSR count). The van der Waals surface area contributed by atoms with Gasteiger partial charge in [0.2, 0.25) is 5.91 Å². The van der Waals surface area contributed by atoms with E-state index in [0.717, 1.165) is 11.6 Å². The number of methoxy groups -OCH3 is 1. The Bertz CT molecular complexity index is 441. The van der Waals surface area contributed by atoms with Crippen LogP contribution < -0.4 is 15.4 Å². The molecule has 1 unspecified atom stereocenters. The van der Waals surface area contributed by atoms with Crippen LogP contribution in [-0.4, -0.2) is 19.1 Å². The van der Waals surface area contributed by atoms with Crippen molar-refractivity contribution in [3.8, 4) is 5.75 Å². The summed E-state index contributed by atoms with van der Waals surface area (Å²) in [5.41, 5.74) is 1.73. The van der Waals surface area contributed by atoms with E-state index >= 15 is 0 Å². The Labute approximate surface area is 108 Å². The Morgan fingerprint density at radius 3 is 2.72 bits per heavy atom. The van der Waals surface area contributed by atoms with Gasteiger partial charge >= 0.3 is 0 Å². The lowest BCUT2D eigenvalue weighted by Crippen LogP contribution is -2.17. The Hall–Kier alpha value is -1.71. The van der Waals surface area contributed by atoms with Crippen LogP contribution in [0.2, 0.25) is 0 Å². The maximum absolute atomic E-state index is 11.1. The molecular formula is C14H20N2O2. The first-order chi connectivity index (χ1) is 8.60. The van der Waals surface area contributed by atoms with Crippen LogP contribution in [0, 0.1) is 5.92 Å². The average Bonchev–Trinajstić information content (AvgIpc) is 3.14. The van der Waals surface area contributed by atoms with Crippen molar-refractivity contribution in [2.75, 3.05) is 17.7 Å². The summed E-state index contributed by atoms with van der Waals surface area (Å²) in [4.78, 5) is 11.1. The zero-order valence-electron chi connectivity index (χ0n) is 11.1. The highest BCUT2D eigenvalue weighted by Gasteiger charge is 2.27. The molecule has 98 valence electrons. The third-order valence-electron chi connectivity index (χ3n) is 3.24. The molecule has 0 heterocycles. The third-order valence-corrected chi connectivity index (χ3v) is 3.24. The first-order valence-corrected chi connectivity index (χ1v) is 6.32. The normalized spacial score (nSPS) is 15.9. The number of nitrogens with one attached hydrogen (secondary N) is 2. The van der Waals surface area contributed by atoms with Crippen molar-refractivity contribution < 1.29 is 9.53 Å². The molecule has 0 aromatic heterocycles. The molecule has 1 amide bonds. The van der Waals surface area contributed by atoms with Gasteiger partial charge in [-0.25, -0.2) is 0 Å². The number of carbonyl (C=O) groups is 1. The van der Waals surface area contributed by atoms with Gasteiger partial charge in [-0.3, -0.25) is 4.79 Å². The highest BCUT2D eigenvalue weighted by Crippen LogP contribution is 2.35. The third kappa shape index (κ3) is 3.15. The summed E-state index contributed by atoms with van der Waals surface area (Å²) < 4.78 is 5.29. The van der Waals surface area contributed by atoms with Gasteiger partial charge in [-0.15, -0.1) is 0 Å². The molecule has 18 heavy (non-hydrogen) atoms. The van der Waals surface area contributed by atoms with Gasteiger partial charge in [-0.2, -0.15) is 0 Å². The second kappa shape index (κ2) is 5.29. The molecule has 0 bridgehead atoms. The molecule has 1 aromatic rings. The monoisotopic (exact) mass is 248 g/mol. The van der Waals surface area contributed by atoms with Crippen molar-refractivity contribution in [3.63, 3.8) is 0 Å². The van der Waals surface area contributed by atoms with E-state index in [1.165, 1.54) is 19.8 Å². The molecule has 0 radical (unpaired) electrons. The Morgan fingerprint density at radius 1 is 1.44 bits per heavy atom. The van der Waals surface area contributed by atoms with Crippen molar-refractivity contribution in [3.05, 3.63) is 18.2 Å². The Kier molecular flexibility index (Phi) is 3.75. The molecule has 1 aliphatic rings. The van der Waals surface area contributed by atoms with Gasteiger partial charge in [0.05, 0.1) is 12.8 Å². The van der Waals surface area contributed by atoms with Crippen LogP contribution in [-0.2, 0) is 4.79 Å². The van der Waals surface area contributed by atoms with Crippen LogP contribution in [0.15, 0.2) is 18.2 Å². The van der Waals surface area contributed by atoms with Crippen molar-refractivity contribution in [1.82, 2.24) is 0 Å². The zero-order valence-corrected chi connectivity index (χ0v) is 11.1. The zero-order chi connectivity index (χ0) is 13.1. The van der Waals surface area contributed by atoms with Gasteiger partial charge in [0, 0.05) is 24.7 Å². The summed E-state index contributed by atoms with van der Waals surface area (Å²) in [6, 6.07) is 6.24. The fourth-order valence-corrected chi connectivity index (χ4v) is 2.05. The lowest BCUT2D eigenvalue weighted by molar-refractivity contribution is -0.114. The standard InChI is InChI=1S/C14H20N2O2/c1-9(11-4-5-11)15-12-6-7-13(16-10(2)17)14(8-12)18-3/h6-9,11,15H,4-5H2,1-3H3,(H,16,17). The number of hydrogen-bond acceptors (Lipinski definition) is 3. The predicted molar refractivity (Wildman–Crippen MR) is 73.1 cm³/mol. The van der Waals surface area contributed by atoms with Gasteiger partial charge < -0.3 is 15.4 Å². The lowest BCUT2D eigenvalue weighted by atomic mass is 10.2. The Balaban J connectivity index is 2.10. The van der Waals surface area contributed by atoms with Gasteiger partial charge in [-0.05, 0) is 37.8 Å². The van der Waals surface area contributed by atoms with Gasteiger partial charge in [0.25, 0.3) is 0 Å². The van der Waals surface area contributed by atoms with Crippen molar-refractivity contribution in [2.24, 2.45) is 5.92 Å².